The lowest BCUT2D eigenvalue weighted by atomic mass is 9.79. The molecule has 0 heterocycles. The first-order valence-corrected chi connectivity index (χ1v) is 7.44. The largest absolute Gasteiger partial charge is 0.481 e. The summed E-state index contributed by atoms with van der Waals surface area (Å²) in [6.45, 7) is 5.36. The second-order valence-corrected chi connectivity index (χ2v) is 6.09. The van der Waals surface area contributed by atoms with Gasteiger partial charge in [-0.3, -0.25) is 9.59 Å². The van der Waals surface area contributed by atoms with Crippen molar-refractivity contribution < 1.29 is 14.7 Å². The van der Waals surface area contributed by atoms with Crippen molar-refractivity contribution >= 4 is 11.8 Å². The number of hydrogen-bond donors (Lipinski definition) is 1. The molecule has 1 aromatic rings. The predicted octanol–water partition coefficient (Wildman–Crippen LogP) is 3.52. The van der Waals surface area contributed by atoms with Crippen molar-refractivity contribution in [1.82, 2.24) is 0 Å². The summed E-state index contributed by atoms with van der Waals surface area (Å²) in [5.41, 5.74) is 0.936. The zero-order valence-corrected chi connectivity index (χ0v) is 12.5. The van der Waals surface area contributed by atoms with Gasteiger partial charge in [-0.25, -0.2) is 0 Å². The van der Waals surface area contributed by atoms with E-state index in [0.29, 0.717) is 18.6 Å². The van der Waals surface area contributed by atoms with E-state index in [2.05, 4.69) is 6.58 Å². The molecule has 112 valence electrons. The van der Waals surface area contributed by atoms with Gasteiger partial charge in [0.15, 0.2) is 0 Å². The van der Waals surface area contributed by atoms with Gasteiger partial charge in [-0.15, -0.1) is 6.58 Å². The summed E-state index contributed by atoms with van der Waals surface area (Å²) in [4.78, 5) is 23.2. The molecular weight excluding hydrogens is 264 g/mol. The Bertz CT molecular complexity index is 544. The van der Waals surface area contributed by atoms with Gasteiger partial charge in [0.05, 0.1) is 5.41 Å². The normalized spacial score (nSPS) is 21.0. The molecule has 0 bridgehead atoms. The van der Waals surface area contributed by atoms with Gasteiger partial charge in [-0.05, 0) is 43.7 Å². The molecule has 3 nitrogen and oxygen atoms in total. The number of aliphatic carboxylic acids is 1. The molecule has 1 aromatic carbocycles. The van der Waals surface area contributed by atoms with Gasteiger partial charge in [0.25, 0.3) is 0 Å². The monoisotopic (exact) mass is 286 g/mol. The summed E-state index contributed by atoms with van der Waals surface area (Å²) in [6, 6.07) is 7.63. The van der Waals surface area contributed by atoms with Crippen LogP contribution in [-0.2, 0) is 21.4 Å². The molecule has 2 atom stereocenters. The molecule has 1 aliphatic rings. The second kappa shape index (κ2) is 6.25. The average molecular weight is 286 g/mol. The molecule has 0 amide bonds. The van der Waals surface area contributed by atoms with Crippen molar-refractivity contribution in [3.63, 3.8) is 0 Å². The molecule has 0 aromatic heterocycles. The van der Waals surface area contributed by atoms with Crippen LogP contribution in [0.3, 0.4) is 0 Å². The first-order valence-electron chi connectivity index (χ1n) is 7.44. The fourth-order valence-electron chi connectivity index (χ4n) is 3.01. The van der Waals surface area contributed by atoms with Crippen molar-refractivity contribution in [2.75, 3.05) is 0 Å². The predicted molar refractivity (Wildman–Crippen MR) is 82.3 cm³/mol. The zero-order valence-electron chi connectivity index (χ0n) is 12.5. The highest BCUT2D eigenvalue weighted by Crippen LogP contribution is 2.30. The number of allylic oxidation sites excluding steroid dienone is 1. The van der Waals surface area contributed by atoms with Gasteiger partial charge in [-0.1, -0.05) is 30.3 Å². The van der Waals surface area contributed by atoms with Gasteiger partial charge in [0.1, 0.15) is 5.78 Å². The fraction of sp³-hybridized carbons (Fsp3) is 0.444. The van der Waals surface area contributed by atoms with E-state index in [0.717, 1.165) is 30.4 Å². The van der Waals surface area contributed by atoms with Gasteiger partial charge in [-0.2, -0.15) is 0 Å². The van der Waals surface area contributed by atoms with Crippen molar-refractivity contribution in [3.05, 3.63) is 48.0 Å². The molecule has 2 rings (SSSR count). The van der Waals surface area contributed by atoms with Crippen LogP contribution in [-0.4, -0.2) is 16.9 Å². The number of carboxylic acid groups (broad SMARTS) is 1. The lowest BCUT2D eigenvalue weighted by molar-refractivity contribution is -0.143. The van der Waals surface area contributed by atoms with Crippen LogP contribution in [0.2, 0.25) is 0 Å². The number of ketones is 1. The number of carbonyl (C=O) groups is 2. The molecule has 1 N–H and O–H groups in total. The lowest BCUT2D eigenvalue weighted by Gasteiger charge is -2.24. The SMILES string of the molecule is C=CC[C@@](C)(C(=O)O)c1ccc(CC2CCCC2=O)cc1. The van der Waals surface area contributed by atoms with E-state index < -0.39 is 11.4 Å². The molecule has 0 radical (unpaired) electrons. The molecule has 0 saturated heterocycles. The Kier molecular flexibility index (Phi) is 4.61. The Labute approximate surface area is 125 Å². The highest BCUT2D eigenvalue weighted by molar-refractivity contribution is 5.83. The first kappa shape index (κ1) is 15.5. The number of carboxylic acids is 1. The summed E-state index contributed by atoms with van der Waals surface area (Å²) in [7, 11) is 0. The number of rotatable bonds is 6. The minimum Gasteiger partial charge on any atom is -0.481 e. The van der Waals surface area contributed by atoms with Crippen LogP contribution in [0.4, 0.5) is 0 Å². The summed E-state index contributed by atoms with van der Waals surface area (Å²) < 4.78 is 0. The summed E-state index contributed by atoms with van der Waals surface area (Å²) in [6.07, 6.45) is 5.48. The molecule has 1 aliphatic carbocycles. The van der Waals surface area contributed by atoms with Crippen molar-refractivity contribution in [2.24, 2.45) is 5.92 Å². The molecule has 0 aliphatic heterocycles. The lowest BCUT2D eigenvalue weighted by Crippen LogP contribution is -2.31. The van der Waals surface area contributed by atoms with E-state index in [9.17, 15) is 14.7 Å². The first-order chi connectivity index (χ1) is 9.97. The van der Waals surface area contributed by atoms with Crippen LogP contribution in [0.5, 0.6) is 0 Å². The third-order valence-electron chi connectivity index (χ3n) is 4.53. The third-order valence-corrected chi connectivity index (χ3v) is 4.53. The molecule has 1 unspecified atom stereocenters. The van der Waals surface area contributed by atoms with Crippen LogP contribution >= 0.6 is 0 Å². The third kappa shape index (κ3) is 3.23. The molecule has 0 spiro atoms. The molecule has 1 saturated carbocycles. The Morgan fingerprint density at radius 2 is 2.10 bits per heavy atom. The summed E-state index contributed by atoms with van der Waals surface area (Å²) in [5.74, 6) is -0.336. The van der Waals surface area contributed by atoms with Crippen molar-refractivity contribution in [1.29, 1.82) is 0 Å². The maximum absolute atomic E-state index is 11.7. The molecule has 3 heteroatoms. The topological polar surface area (TPSA) is 54.4 Å². The van der Waals surface area contributed by atoms with E-state index in [4.69, 9.17) is 0 Å². The summed E-state index contributed by atoms with van der Waals surface area (Å²) >= 11 is 0. The maximum Gasteiger partial charge on any atom is 0.314 e. The van der Waals surface area contributed by atoms with E-state index >= 15 is 0 Å². The quantitative estimate of drug-likeness (QED) is 0.814. The zero-order chi connectivity index (χ0) is 15.5. The van der Waals surface area contributed by atoms with Gasteiger partial charge < -0.3 is 5.11 Å². The molecular formula is C18H22O3. The van der Waals surface area contributed by atoms with E-state index in [-0.39, 0.29) is 5.92 Å². The van der Waals surface area contributed by atoms with Crippen LogP contribution in [0.15, 0.2) is 36.9 Å². The van der Waals surface area contributed by atoms with Gasteiger partial charge in [0.2, 0.25) is 0 Å². The Morgan fingerprint density at radius 1 is 1.43 bits per heavy atom. The number of carbonyl (C=O) groups excluding carboxylic acids is 1. The highest BCUT2D eigenvalue weighted by Gasteiger charge is 2.33. The van der Waals surface area contributed by atoms with Crippen molar-refractivity contribution in [3.8, 4) is 0 Å². The fourth-order valence-corrected chi connectivity index (χ4v) is 3.01. The Morgan fingerprint density at radius 3 is 2.57 bits per heavy atom. The number of Topliss-reactive ketones (excluding diaryl/α,β-unsaturated/α-hetero) is 1. The smallest absolute Gasteiger partial charge is 0.314 e. The van der Waals surface area contributed by atoms with Crippen LogP contribution in [0.25, 0.3) is 0 Å². The average Bonchev–Trinajstić information content (AvgIpc) is 2.85. The Balaban J connectivity index is 2.15. The molecule has 21 heavy (non-hydrogen) atoms. The van der Waals surface area contributed by atoms with Gasteiger partial charge >= 0.3 is 5.97 Å². The molecule has 1 fully saturated rings. The van der Waals surface area contributed by atoms with E-state index in [1.165, 1.54) is 0 Å². The van der Waals surface area contributed by atoms with Gasteiger partial charge in [0, 0.05) is 12.3 Å². The number of benzene rings is 1. The van der Waals surface area contributed by atoms with Crippen LogP contribution in [0, 0.1) is 5.92 Å². The minimum atomic E-state index is -0.941. The standard InChI is InChI=1S/C18H22O3/c1-3-11-18(2,17(20)21)15-9-7-13(8-10-15)12-14-5-4-6-16(14)19/h3,7-10,14H,1,4-6,11-12H2,2H3,(H,20,21)/t14?,18-/m1/s1. The Hall–Kier alpha value is -1.90. The number of hydrogen-bond acceptors (Lipinski definition) is 2. The van der Waals surface area contributed by atoms with Crippen LogP contribution in [0.1, 0.15) is 43.7 Å². The summed E-state index contributed by atoms with van der Waals surface area (Å²) in [5, 5.41) is 9.46. The highest BCUT2D eigenvalue weighted by atomic mass is 16.4. The second-order valence-electron chi connectivity index (χ2n) is 6.09. The van der Waals surface area contributed by atoms with E-state index in [1.807, 2.05) is 24.3 Å². The maximum atomic E-state index is 11.7. The minimum absolute atomic E-state index is 0.148. The van der Waals surface area contributed by atoms with Crippen LogP contribution < -0.4 is 0 Å². The van der Waals surface area contributed by atoms with Crippen molar-refractivity contribution in [2.45, 2.75) is 44.4 Å². The van der Waals surface area contributed by atoms with E-state index in [1.54, 1.807) is 13.0 Å².